The van der Waals surface area contributed by atoms with Crippen molar-refractivity contribution in [2.75, 3.05) is 16.0 Å². The summed E-state index contributed by atoms with van der Waals surface area (Å²) in [5.74, 6) is -0.531. The normalized spacial score (nSPS) is 11.6. The second-order valence-electron chi connectivity index (χ2n) is 19.7. The SMILES string of the molecule is Cn1cnnc1S(=O)Cc1ccc(C(=O)Nc2ccc(Cl)c(-c3ccccn3)c2)cc1.O=C(Nc1ccc(Cl)c(-c2ccccn2)c1)c1ccc(CS(=O)(=O)c2ncn[nH]2)cc1.O=C(Nc1ccc(Cl)c(-c2ccccn2)c1)c1ccc(CS(=O)c2ncn[nH]2)cc1. The Kier molecular flexibility index (Phi) is 21.4. The second-order valence-corrected chi connectivity index (χ2v) is 25.6. The summed E-state index contributed by atoms with van der Waals surface area (Å²) in [4.78, 5) is 58.4. The Balaban J connectivity index is 0.000000151. The van der Waals surface area contributed by atoms with E-state index in [1.165, 1.54) is 12.7 Å². The average molecular weight is 1340 g/mol. The third kappa shape index (κ3) is 17.2. The number of halogens is 3. The lowest BCUT2D eigenvalue weighted by Crippen LogP contribution is -2.12. The molecule has 3 amide bonds. The Hall–Kier alpha value is -10.3. The lowest BCUT2D eigenvalue weighted by molar-refractivity contribution is 0.101. The van der Waals surface area contributed by atoms with Crippen LogP contribution in [0, 0.1) is 0 Å². The fraction of sp³-hybridized carbons (Fsp3) is 0.0625. The number of amides is 3. The highest BCUT2D eigenvalue weighted by atomic mass is 35.5. The van der Waals surface area contributed by atoms with Crippen LogP contribution in [-0.4, -0.2) is 94.6 Å². The molecule has 12 aromatic rings. The number of hydrogen-bond donors (Lipinski definition) is 5. The highest BCUT2D eigenvalue weighted by molar-refractivity contribution is 7.90. The van der Waals surface area contributed by atoms with E-state index in [1.54, 1.807) is 158 Å². The quantitative estimate of drug-likeness (QED) is 0.0533. The van der Waals surface area contributed by atoms with Gasteiger partial charge in [0.15, 0.2) is 0 Å². The van der Waals surface area contributed by atoms with E-state index in [4.69, 9.17) is 34.8 Å². The number of carbonyl (C=O) groups excluding carboxylic acids is 3. The van der Waals surface area contributed by atoms with Crippen LogP contribution in [0.2, 0.25) is 15.1 Å². The Morgan fingerprint density at radius 1 is 0.489 bits per heavy atom. The lowest BCUT2D eigenvalue weighted by Gasteiger charge is -2.10. The van der Waals surface area contributed by atoms with E-state index < -0.39 is 31.4 Å². The Bertz CT molecular complexity index is 4680. The van der Waals surface area contributed by atoms with Gasteiger partial charge in [-0.25, -0.2) is 18.4 Å². The summed E-state index contributed by atoms with van der Waals surface area (Å²) in [5.41, 5.74) is 9.65. The summed E-state index contributed by atoms with van der Waals surface area (Å²) in [6.45, 7) is 0. The third-order valence-corrected chi connectivity index (χ3v) is 18.3. The van der Waals surface area contributed by atoms with Crippen LogP contribution in [0.5, 0.6) is 0 Å². The number of anilines is 3. The molecule has 28 heteroatoms. The fourth-order valence-electron chi connectivity index (χ4n) is 8.68. The molecule has 0 aliphatic heterocycles. The van der Waals surface area contributed by atoms with Crippen LogP contribution >= 0.6 is 34.8 Å². The molecule has 5 N–H and O–H groups in total. The van der Waals surface area contributed by atoms with E-state index in [0.717, 1.165) is 40.0 Å². The van der Waals surface area contributed by atoms with Gasteiger partial charge in [-0.2, -0.15) is 10.2 Å². The van der Waals surface area contributed by atoms with Gasteiger partial charge in [0.1, 0.15) is 19.0 Å². The van der Waals surface area contributed by atoms with E-state index in [0.29, 0.717) is 81.7 Å². The van der Waals surface area contributed by atoms with Gasteiger partial charge >= 0.3 is 0 Å². The minimum atomic E-state index is -3.64. The minimum absolute atomic E-state index is 0.194. The fourth-order valence-corrected chi connectivity index (χ4v) is 12.6. The summed E-state index contributed by atoms with van der Waals surface area (Å²) < 4.78 is 50.8. The lowest BCUT2D eigenvalue weighted by atomic mass is 10.1. The molecule has 12 rings (SSSR count). The summed E-state index contributed by atoms with van der Waals surface area (Å²) in [6.07, 6.45) is 9.01. The first-order valence-corrected chi connectivity index (χ1v) is 32.8. The number of benzene rings is 6. The first-order valence-electron chi connectivity index (χ1n) is 27.4. The van der Waals surface area contributed by atoms with E-state index in [1.807, 2.05) is 54.6 Å². The molecule has 0 saturated carbocycles. The van der Waals surface area contributed by atoms with Gasteiger partial charge in [-0.05, 0) is 144 Å². The van der Waals surface area contributed by atoms with Crippen LogP contribution in [0.25, 0.3) is 33.8 Å². The van der Waals surface area contributed by atoms with Crippen molar-refractivity contribution >= 4 is 101 Å². The first-order chi connectivity index (χ1) is 44.5. The Morgan fingerprint density at radius 3 is 1.25 bits per heavy atom. The van der Waals surface area contributed by atoms with E-state index in [9.17, 15) is 31.2 Å². The maximum Gasteiger partial charge on any atom is 0.255 e. The maximum atomic E-state index is 12.7. The van der Waals surface area contributed by atoms with Crippen molar-refractivity contribution in [3.63, 3.8) is 0 Å². The molecule has 2 unspecified atom stereocenters. The molecular weight excluding hydrogens is 1290 g/mol. The zero-order chi connectivity index (χ0) is 64.6. The molecule has 6 aromatic carbocycles. The molecule has 92 heavy (non-hydrogen) atoms. The van der Waals surface area contributed by atoms with E-state index >= 15 is 0 Å². The van der Waals surface area contributed by atoms with Gasteiger partial charge in [0.2, 0.25) is 25.3 Å². The number of pyridine rings is 3. The molecule has 2 atom stereocenters. The highest BCUT2D eigenvalue weighted by Gasteiger charge is 2.20. The van der Waals surface area contributed by atoms with Gasteiger partial charge in [-0.15, -0.1) is 10.2 Å². The Morgan fingerprint density at radius 2 is 0.891 bits per heavy atom. The van der Waals surface area contributed by atoms with Gasteiger partial charge in [0.25, 0.3) is 17.7 Å². The van der Waals surface area contributed by atoms with Crippen molar-refractivity contribution in [2.24, 2.45) is 7.05 Å². The monoisotopic (exact) mass is 1340 g/mol. The number of aromatic nitrogens is 12. The first kappa shape index (κ1) is 64.7. The van der Waals surface area contributed by atoms with Crippen LogP contribution in [0.1, 0.15) is 47.8 Å². The summed E-state index contributed by atoms with van der Waals surface area (Å²) in [6, 6.07) is 52.5. The van der Waals surface area contributed by atoms with Gasteiger partial charge in [0.05, 0.1) is 71.0 Å². The average Bonchev–Trinajstić information content (AvgIpc) is 2.60. The van der Waals surface area contributed by atoms with Crippen LogP contribution in [0.3, 0.4) is 0 Å². The standard InChI is InChI=1S/C22H18ClN5O2S.C21H16ClN5O3S.C21H16ClN5O2S/c1-28-14-25-27-22(28)31(30)13-15-5-7-16(8-6-15)21(29)26-17-9-10-19(23)18(12-17)20-4-2-3-11-24-20;22-18-9-8-16(11-17(18)19-3-1-2-10-23-19)26-20(28)15-6-4-14(5-7-15)12-31(29,30)21-24-13-25-27-21;22-18-9-8-16(11-17(18)19-3-1-2-10-23-19)26-20(28)15-6-4-14(5-7-15)12-30(29)21-24-13-25-27-21/h2-12,14H,13H2,1H3,(H,26,29);1-11,13H,12H2,(H,26,28)(H,24,25,27);1-11,13H,12H2,(H,26,28)(H,24,25,27). The van der Waals surface area contributed by atoms with E-state index in [2.05, 4.69) is 71.5 Å². The third-order valence-electron chi connectivity index (χ3n) is 13.3. The molecule has 0 aliphatic carbocycles. The predicted molar refractivity (Wildman–Crippen MR) is 352 cm³/mol. The van der Waals surface area contributed by atoms with Crippen LogP contribution in [0.15, 0.2) is 235 Å². The van der Waals surface area contributed by atoms with Gasteiger partial charge in [-0.1, -0.05) is 89.4 Å². The molecule has 0 saturated heterocycles. The number of nitrogens with one attached hydrogen (secondary N) is 5. The van der Waals surface area contributed by atoms with Crippen molar-refractivity contribution in [1.29, 1.82) is 0 Å². The molecule has 462 valence electrons. The number of sulfone groups is 1. The van der Waals surface area contributed by atoms with Crippen molar-refractivity contribution in [1.82, 2.24) is 60.1 Å². The maximum absolute atomic E-state index is 12.7. The number of carbonyl (C=O) groups is 3. The summed E-state index contributed by atoms with van der Waals surface area (Å²) >= 11 is 18.9. The van der Waals surface area contributed by atoms with Crippen molar-refractivity contribution < 1.29 is 31.2 Å². The topological polar surface area (TPSA) is 308 Å². The Labute approximate surface area is 546 Å². The predicted octanol–water partition coefficient (Wildman–Crippen LogP) is 11.9. The summed E-state index contributed by atoms with van der Waals surface area (Å²) in [7, 11) is -4.53. The van der Waals surface area contributed by atoms with Crippen molar-refractivity contribution in [3.05, 3.63) is 268 Å². The summed E-state index contributed by atoms with van der Waals surface area (Å²) in [5, 5.41) is 30.6. The molecule has 0 fully saturated rings. The second kappa shape index (κ2) is 30.5. The van der Waals surface area contributed by atoms with Crippen LogP contribution < -0.4 is 16.0 Å². The van der Waals surface area contributed by atoms with Gasteiger partial charge in [-0.3, -0.25) is 48.0 Å². The highest BCUT2D eigenvalue weighted by Crippen LogP contribution is 2.32. The zero-order valence-corrected chi connectivity index (χ0v) is 52.8. The van der Waals surface area contributed by atoms with Gasteiger partial charge in [0, 0.05) is 76.1 Å². The van der Waals surface area contributed by atoms with Gasteiger partial charge < -0.3 is 20.5 Å². The zero-order valence-electron chi connectivity index (χ0n) is 48.1. The molecular formula is C64H50Cl3N15O7S3. The number of H-pyrrole nitrogens is 2. The van der Waals surface area contributed by atoms with Crippen molar-refractivity contribution in [2.45, 2.75) is 32.7 Å². The molecule has 6 heterocycles. The molecule has 0 radical (unpaired) electrons. The molecule has 0 spiro atoms. The van der Waals surface area contributed by atoms with Crippen LogP contribution in [-0.2, 0) is 55.7 Å². The number of aromatic amines is 2. The molecule has 22 nitrogen and oxygen atoms in total. The number of hydrogen-bond acceptors (Lipinski definition) is 16. The minimum Gasteiger partial charge on any atom is -0.322 e. The number of nitrogens with zero attached hydrogens (tertiary/aromatic N) is 10. The molecule has 6 aromatic heterocycles. The largest absolute Gasteiger partial charge is 0.322 e. The van der Waals surface area contributed by atoms with E-state index in [-0.39, 0.29) is 34.4 Å². The number of rotatable bonds is 18. The molecule has 0 aliphatic rings. The van der Waals surface area contributed by atoms with Crippen molar-refractivity contribution in [3.8, 4) is 33.8 Å². The van der Waals surface area contributed by atoms with Crippen LogP contribution in [0.4, 0.5) is 17.1 Å². The molecule has 0 bridgehead atoms. The number of aryl methyl sites for hydroxylation is 1. The smallest absolute Gasteiger partial charge is 0.255 e.